The summed E-state index contributed by atoms with van der Waals surface area (Å²) in [7, 11) is 0. The van der Waals surface area contributed by atoms with E-state index in [4.69, 9.17) is 4.74 Å². The van der Waals surface area contributed by atoms with Crippen LogP contribution in [0.1, 0.15) is 59.3 Å². The maximum Gasteiger partial charge on any atom is 0.0707 e. The number of likely N-dealkylation sites (tertiary alicyclic amines) is 1. The molecule has 0 saturated carbocycles. The Bertz CT molecular complexity index is 270. The first-order chi connectivity index (χ1) is 9.65. The molecule has 20 heavy (non-hydrogen) atoms. The van der Waals surface area contributed by atoms with Gasteiger partial charge < -0.3 is 10.1 Å². The Morgan fingerprint density at radius 2 is 1.90 bits per heavy atom. The van der Waals surface area contributed by atoms with Gasteiger partial charge in [-0.1, -0.05) is 26.7 Å². The van der Waals surface area contributed by atoms with Gasteiger partial charge in [0.05, 0.1) is 12.2 Å². The van der Waals surface area contributed by atoms with Gasteiger partial charge in [0, 0.05) is 19.1 Å². The molecule has 0 spiro atoms. The molecule has 0 amide bonds. The maximum atomic E-state index is 6.23. The summed E-state index contributed by atoms with van der Waals surface area (Å²) in [6, 6.07) is 0.749. The molecular formula is C17H34N2O. The minimum atomic E-state index is 0.445. The van der Waals surface area contributed by atoms with Crippen LogP contribution >= 0.6 is 0 Å². The van der Waals surface area contributed by atoms with E-state index in [-0.39, 0.29) is 0 Å². The normalized spacial score (nSPS) is 32.7. The number of rotatable bonds is 6. The zero-order chi connectivity index (χ0) is 14.4. The van der Waals surface area contributed by atoms with Crippen molar-refractivity contribution in [2.24, 2.45) is 5.92 Å². The highest BCUT2D eigenvalue weighted by atomic mass is 16.5. The van der Waals surface area contributed by atoms with Crippen LogP contribution in [0.4, 0.5) is 0 Å². The van der Waals surface area contributed by atoms with E-state index >= 15 is 0 Å². The fourth-order valence-corrected chi connectivity index (χ4v) is 3.46. The highest BCUT2D eigenvalue weighted by Crippen LogP contribution is 2.23. The third-order valence-electron chi connectivity index (χ3n) is 4.75. The molecule has 2 saturated heterocycles. The number of nitrogens with zero attached hydrogens (tertiary/aromatic N) is 1. The summed E-state index contributed by atoms with van der Waals surface area (Å²) < 4.78 is 6.23. The third kappa shape index (κ3) is 5.34. The minimum Gasteiger partial charge on any atom is -0.372 e. The first-order valence-electron chi connectivity index (χ1n) is 8.75. The Balaban J connectivity index is 1.67. The largest absolute Gasteiger partial charge is 0.372 e. The molecule has 2 aliphatic heterocycles. The molecule has 0 radical (unpaired) electrons. The summed E-state index contributed by atoms with van der Waals surface area (Å²) >= 11 is 0. The average Bonchev–Trinajstić information content (AvgIpc) is 2.74. The third-order valence-corrected chi connectivity index (χ3v) is 4.75. The summed E-state index contributed by atoms with van der Waals surface area (Å²) in [5.41, 5.74) is 0. The molecule has 1 N–H and O–H groups in total. The van der Waals surface area contributed by atoms with Gasteiger partial charge >= 0.3 is 0 Å². The molecule has 0 bridgehead atoms. The monoisotopic (exact) mass is 282 g/mol. The molecule has 0 aromatic carbocycles. The van der Waals surface area contributed by atoms with E-state index in [9.17, 15) is 0 Å². The fourth-order valence-electron chi connectivity index (χ4n) is 3.46. The van der Waals surface area contributed by atoms with Gasteiger partial charge in [0.2, 0.25) is 0 Å². The van der Waals surface area contributed by atoms with Gasteiger partial charge in [-0.25, -0.2) is 0 Å². The van der Waals surface area contributed by atoms with Gasteiger partial charge in [0.25, 0.3) is 0 Å². The van der Waals surface area contributed by atoms with E-state index in [1.807, 2.05) is 0 Å². The highest BCUT2D eigenvalue weighted by Gasteiger charge is 2.28. The second kappa shape index (κ2) is 8.35. The fraction of sp³-hybridized carbons (Fsp3) is 1.00. The number of hydrogen-bond acceptors (Lipinski definition) is 3. The van der Waals surface area contributed by atoms with Gasteiger partial charge in [0.1, 0.15) is 0 Å². The predicted molar refractivity (Wildman–Crippen MR) is 85.1 cm³/mol. The van der Waals surface area contributed by atoms with Gasteiger partial charge in [-0.15, -0.1) is 0 Å². The molecule has 3 unspecified atom stereocenters. The molecule has 118 valence electrons. The minimum absolute atomic E-state index is 0.445. The molecule has 0 aromatic rings. The van der Waals surface area contributed by atoms with Gasteiger partial charge in [-0.3, -0.25) is 4.90 Å². The van der Waals surface area contributed by atoms with E-state index < -0.39 is 0 Å². The smallest absolute Gasteiger partial charge is 0.0707 e. The lowest BCUT2D eigenvalue weighted by atomic mass is 10.1. The first-order valence-corrected chi connectivity index (χ1v) is 8.75. The van der Waals surface area contributed by atoms with Crippen LogP contribution in [0.25, 0.3) is 0 Å². The van der Waals surface area contributed by atoms with Crippen LogP contribution in [0, 0.1) is 5.92 Å². The molecule has 2 fully saturated rings. The van der Waals surface area contributed by atoms with Crippen LogP contribution in [-0.2, 0) is 4.74 Å². The number of ether oxygens (including phenoxy) is 1. The Labute approximate surface area is 125 Å². The van der Waals surface area contributed by atoms with E-state index in [0.717, 1.165) is 31.6 Å². The number of hydrogen-bond donors (Lipinski definition) is 1. The topological polar surface area (TPSA) is 24.5 Å². The van der Waals surface area contributed by atoms with Crippen molar-refractivity contribution in [2.45, 2.75) is 77.5 Å². The quantitative estimate of drug-likeness (QED) is 0.810. The number of nitrogens with one attached hydrogen (secondary N) is 1. The standard InChI is InChI=1S/C17H34N2O/c1-14(2)11-18-12-16-8-9-17(20-16)13-19-10-6-4-5-7-15(19)3/h14-18H,4-13H2,1-3H3. The summed E-state index contributed by atoms with van der Waals surface area (Å²) in [4.78, 5) is 2.67. The molecule has 0 aliphatic carbocycles. The first kappa shape index (κ1) is 16.3. The van der Waals surface area contributed by atoms with Crippen molar-refractivity contribution < 1.29 is 4.74 Å². The second-order valence-electron chi connectivity index (χ2n) is 7.20. The summed E-state index contributed by atoms with van der Waals surface area (Å²) in [5, 5.41) is 3.53. The average molecular weight is 282 g/mol. The second-order valence-corrected chi connectivity index (χ2v) is 7.20. The molecule has 0 aromatic heterocycles. The summed E-state index contributed by atoms with van der Waals surface area (Å²) in [6.07, 6.45) is 8.96. The van der Waals surface area contributed by atoms with Crippen LogP contribution in [-0.4, -0.2) is 49.3 Å². The van der Waals surface area contributed by atoms with E-state index in [1.165, 1.54) is 45.1 Å². The zero-order valence-corrected chi connectivity index (χ0v) is 13.7. The molecule has 3 nitrogen and oxygen atoms in total. The lowest BCUT2D eigenvalue weighted by Crippen LogP contribution is -2.39. The van der Waals surface area contributed by atoms with E-state index in [1.54, 1.807) is 0 Å². The molecular weight excluding hydrogens is 248 g/mol. The van der Waals surface area contributed by atoms with Crippen molar-refractivity contribution in [3.05, 3.63) is 0 Å². The lowest BCUT2D eigenvalue weighted by Gasteiger charge is -2.29. The Morgan fingerprint density at radius 1 is 1.10 bits per heavy atom. The van der Waals surface area contributed by atoms with Crippen LogP contribution in [0.5, 0.6) is 0 Å². The van der Waals surface area contributed by atoms with Crippen molar-refractivity contribution in [3.8, 4) is 0 Å². The predicted octanol–water partition coefficient (Wildman–Crippen LogP) is 3.04. The van der Waals surface area contributed by atoms with Gasteiger partial charge in [-0.05, 0) is 51.6 Å². The van der Waals surface area contributed by atoms with Crippen molar-refractivity contribution in [3.63, 3.8) is 0 Å². The summed E-state index contributed by atoms with van der Waals surface area (Å²) in [5.74, 6) is 0.727. The Kier molecular flexibility index (Phi) is 6.79. The van der Waals surface area contributed by atoms with Crippen molar-refractivity contribution in [1.29, 1.82) is 0 Å². The van der Waals surface area contributed by atoms with Crippen molar-refractivity contribution in [1.82, 2.24) is 10.2 Å². The molecule has 3 atom stereocenters. The van der Waals surface area contributed by atoms with Crippen LogP contribution < -0.4 is 5.32 Å². The zero-order valence-electron chi connectivity index (χ0n) is 13.7. The Hall–Kier alpha value is -0.120. The highest BCUT2D eigenvalue weighted by molar-refractivity contribution is 4.81. The van der Waals surface area contributed by atoms with Crippen molar-refractivity contribution in [2.75, 3.05) is 26.2 Å². The van der Waals surface area contributed by atoms with Crippen molar-refractivity contribution >= 4 is 0 Å². The molecule has 3 heteroatoms. The van der Waals surface area contributed by atoms with Crippen LogP contribution in [0.2, 0.25) is 0 Å². The van der Waals surface area contributed by atoms with E-state index in [2.05, 4.69) is 31.0 Å². The SMILES string of the molecule is CC(C)CNCC1CCC(CN2CCCCCC2C)O1. The lowest BCUT2D eigenvalue weighted by molar-refractivity contribution is 0.0163. The Morgan fingerprint density at radius 3 is 2.70 bits per heavy atom. The van der Waals surface area contributed by atoms with E-state index in [0.29, 0.717) is 12.2 Å². The molecule has 2 rings (SSSR count). The maximum absolute atomic E-state index is 6.23. The van der Waals surface area contributed by atoms with Crippen LogP contribution in [0.15, 0.2) is 0 Å². The van der Waals surface area contributed by atoms with Gasteiger partial charge in [-0.2, -0.15) is 0 Å². The molecule has 2 heterocycles. The molecule has 2 aliphatic rings. The van der Waals surface area contributed by atoms with Gasteiger partial charge in [0.15, 0.2) is 0 Å². The summed E-state index contributed by atoms with van der Waals surface area (Å²) in [6.45, 7) is 11.5. The van der Waals surface area contributed by atoms with Crippen LogP contribution in [0.3, 0.4) is 0 Å².